The molecule has 0 spiro atoms. The standard InChI is InChI=1S/C19H13ClI2N2O5/c1-9(2)28-17-13(21)5-10(6-14(17)22)7-15-19(25)29-18(23-15)11-3-4-12(20)16(8-11)24(26)27/h3-9H,1-2H3/b15-7-. The molecule has 0 unspecified atom stereocenters. The van der Waals surface area contributed by atoms with Gasteiger partial charge < -0.3 is 9.47 Å². The summed E-state index contributed by atoms with van der Waals surface area (Å²) in [6, 6.07) is 7.85. The Bertz CT molecular complexity index is 1060. The average molecular weight is 639 g/mol. The first-order chi connectivity index (χ1) is 13.7. The van der Waals surface area contributed by atoms with Gasteiger partial charge in [0.25, 0.3) is 5.69 Å². The van der Waals surface area contributed by atoms with Crippen molar-refractivity contribution < 1.29 is 19.2 Å². The molecule has 7 nitrogen and oxygen atoms in total. The van der Waals surface area contributed by atoms with Crippen LogP contribution in [0.1, 0.15) is 25.0 Å². The first kappa shape index (κ1) is 22.0. The number of hydrogen-bond donors (Lipinski definition) is 0. The normalized spacial score (nSPS) is 14.9. The number of aliphatic imine (C=N–C) groups is 1. The molecule has 0 aromatic heterocycles. The van der Waals surface area contributed by atoms with E-state index in [1.54, 1.807) is 6.08 Å². The molecule has 0 aliphatic carbocycles. The van der Waals surface area contributed by atoms with Crippen LogP contribution in [0.4, 0.5) is 5.69 Å². The Labute approximate surface area is 198 Å². The average Bonchev–Trinajstić information content (AvgIpc) is 2.98. The highest BCUT2D eigenvalue weighted by molar-refractivity contribution is 14.1. The van der Waals surface area contributed by atoms with E-state index in [1.165, 1.54) is 18.2 Å². The number of ether oxygens (including phenoxy) is 2. The van der Waals surface area contributed by atoms with Crippen molar-refractivity contribution in [2.24, 2.45) is 4.99 Å². The number of nitrogens with zero attached hydrogens (tertiary/aromatic N) is 2. The fourth-order valence-corrected chi connectivity index (χ4v) is 4.74. The van der Waals surface area contributed by atoms with Gasteiger partial charge in [-0.2, -0.15) is 0 Å². The van der Waals surface area contributed by atoms with Gasteiger partial charge in [0.15, 0.2) is 5.70 Å². The van der Waals surface area contributed by atoms with Gasteiger partial charge in [0.05, 0.1) is 18.2 Å². The van der Waals surface area contributed by atoms with Gasteiger partial charge in [0, 0.05) is 11.6 Å². The van der Waals surface area contributed by atoms with Crippen molar-refractivity contribution in [2.45, 2.75) is 20.0 Å². The Morgan fingerprint density at radius 3 is 2.48 bits per heavy atom. The quantitative estimate of drug-likeness (QED) is 0.140. The van der Waals surface area contributed by atoms with Gasteiger partial charge in [0.2, 0.25) is 5.90 Å². The van der Waals surface area contributed by atoms with Gasteiger partial charge in [-0.25, -0.2) is 9.79 Å². The van der Waals surface area contributed by atoms with E-state index in [9.17, 15) is 14.9 Å². The summed E-state index contributed by atoms with van der Waals surface area (Å²) in [6.07, 6.45) is 1.64. The maximum absolute atomic E-state index is 12.2. The largest absolute Gasteiger partial charge is 0.489 e. The number of nitro groups is 1. The Morgan fingerprint density at radius 2 is 1.90 bits per heavy atom. The van der Waals surface area contributed by atoms with E-state index in [4.69, 9.17) is 21.1 Å². The smallest absolute Gasteiger partial charge is 0.363 e. The van der Waals surface area contributed by atoms with Crippen LogP contribution in [0.15, 0.2) is 41.0 Å². The number of cyclic esters (lactones) is 1. The van der Waals surface area contributed by atoms with Gasteiger partial charge in [-0.15, -0.1) is 0 Å². The second kappa shape index (κ2) is 8.96. The minimum atomic E-state index is -0.634. The summed E-state index contributed by atoms with van der Waals surface area (Å²) in [7, 11) is 0. The van der Waals surface area contributed by atoms with E-state index in [0.29, 0.717) is 5.56 Å². The third kappa shape index (κ3) is 5.07. The van der Waals surface area contributed by atoms with Crippen molar-refractivity contribution >= 4 is 80.4 Å². The van der Waals surface area contributed by atoms with E-state index >= 15 is 0 Å². The Kier molecular flexibility index (Phi) is 6.79. The third-order valence-electron chi connectivity index (χ3n) is 3.69. The molecule has 10 heteroatoms. The molecule has 150 valence electrons. The van der Waals surface area contributed by atoms with Crippen LogP contribution in [-0.2, 0) is 9.53 Å². The van der Waals surface area contributed by atoms with Crippen LogP contribution in [-0.4, -0.2) is 22.9 Å². The Morgan fingerprint density at radius 1 is 1.24 bits per heavy atom. The predicted octanol–water partition coefficient (Wildman–Crippen LogP) is 5.59. The lowest BCUT2D eigenvalue weighted by molar-refractivity contribution is -0.384. The van der Waals surface area contributed by atoms with Crippen molar-refractivity contribution in [1.29, 1.82) is 0 Å². The predicted molar refractivity (Wildman–Crippen MR) is 126 cm³/mol. The number of carbonyl (C=O) groups is 1. The highest BCUT2D eigenvalue weighted by Crippen LogP contribution is 2.32. The molecule has 0 radical (unpaired) electrons. The first-order valence-corrected chi connectivity index (χ1v) is 10.8. The lowest BCUT2D eigenvalue weighted by Gasteiger charge is -2.14. The molecule has 0 N–H and O–H groups in total. The van der Waals surface area contributed by atoms with Gasteiger partial charge in [-0.05, 0) is 94.9 Å². The number of rotatable bonds is 5. The summed E-state index contributed by atoms with van der Waals surface area (Å²) in [5.41, 5.74) is 0.864. The molecule has 2 aromatic carbocycles. The zero-order chi connectivity index (χ0) is 21.3. The van der Waals surface area contributed by atoms with Crippen molar-refractivity contribution in [2.75, 3.05) is 0 Å². The molecule has 1 heterocycles. The molecule has 3 rings (SSSR count). The first-order valence-electron chi connectivity index (χ1n) is 8.28. The zero-order valence-corrected chi connectivity index (χ0v) is 20.2. The number of esters is 1. The molecule has 2 aromatic rings. The lowest BCUT2D eigenvalue weighted by atomic mass is 10.2. The summed E-state index contributed by atoms with van der Waals surface area (Å²) in [6.45, 7) is 3.90. The van der Waals surface area contributed by atoms with Crippen LogP contribution >= 0.6 is 56.8 Å². The number of hydrogen-bond acceptors (Lipinski definition) is 6. The van der Waals surface area contributed by atoms with Crippen LogP contribution in [0, 0.1) is 17.3 Å². The topological polar surface area (TPSA) is 91.0 Å². The van der Waals surface area contributed by atoms with Gasteiger partial charge in [0.1, 0.15) is 10.8 Å². The lowest BCUT2D eigenvalue weighted by Crippen LogP contribution is -2.08. The van der Waals surface area contributed by atoms with Gasteiger partial charge in [-0.3, -0.25) is 10.1 Å². The van der Waals surface area contributed by atoms with Gasteiger partial charge >= 0.3 is 5.97 Å². The molecule has 1 aliphatic heterocycles. The number of carbonyl (C=O) groups excluding carboxylic acids is 1. The van der Waals surface area contributed by atoms with Crippen LogP contribution in [0.3, 0.4) is 0 Å². The summed E-state index contributed by atoms with van der Waals surface area (Å²) < 4.78 is 12.8. The number of nitro benzene ring substituents is 1. The Balaban J connectivity index is 1.95. The van der Waals surface area contributed by atoms with Crippen LogP contribution in [0.25, 0.3) is 6.08 Å². The second-order valence-corrected chi connectivity index (χ2v) is 8.97. The van der Waals surface area contributed by atoms with E-state index in [-0.39, 0.29) is 28.4 Å². The molecule has 0 saturated heterocycles. The van der Waals surface area contributed by atoms with E-state index in [1.807, 2.05) is 26.0 Å². The zero-order valence-electron chi connectivity index (χ0n) is 15.1. The molecule has 1 aliphatic rings. The van der Waals surface area contributed by atoms with Crippen molar-refractivity contribution in [3.63, 3.8) is 0 Å². The minimum Gasteiger partial charge on any atom is -0.489 e. The molecule has 0 bridgehead atoms. The van der Waals surface area contributed by atoms with Crippen LogP contribution < -0.4 is 4.74 Å². The third-order valence-corrected chi connectivity index (χ3v) is 5.61. The summed E-state index contributed by atoms with van der Waals surface area (Å²) in [5, 5.41) is 11.1. The number of halogens is 3. The Hall–Kier alpha value is -1.73. The number of benzene rings is 2. The van der Waals surface area contributed by atoms with E-state index in [0.717, 1.165) is 18.5 Å². The maximum atomic E-state index is 12.2. The summed E-state index contributed by atoms with van der Waals surface area (Å²) >= 11 is 10.2. The molecule has 29 heavy (non-hydrogen) atoms. The van der Waals surface area contributed by atoms with Crippen molar-refractivity contribution in [3.05, 3.63) is 69.4 Å². The highest BCUT2D eigenvalue weighted by Gasteiger charge is 2.26. The van der Waals surface area contributed by atoms with E-state index in [2.05, 4.69) is 50.2 Å². The fourth-order valence-electron chi connectivity index (χ4n) is 2.49. The summed E-state index contributed by atoms with van der Waals surface area (Å²) in [5.74, 6) is 0.144. The SMILES string of the molecule is CC(C)Oc1c(I)cc(/C=C2\N=C(c3ccc(Cl)c([N+](=O)[O-])c3)OC2=O)cc1I. The molecular formula is C19H13ClI2N2O5. The fraction of sp³-hybridized carbons (Fsp3) is 0.158. The van der Waals surface area contributed by atoms with Crippen molar-refractivity contribution in [3.8, 4) is 5.75 Å². The monoisotopic (exact) mass is 638 g/mol. The minimum absolute atomic E-state index is 0.00713. The molecule has 0 saturated carbocycles. The second-order valence-electron chi connectivity index (χ2n) is 6.24. The van der Waals surface area contributed by atoms with Crippen molar-refractivity contribution in [1.82, 2.24) is 0 Å². The maximum Gasteiger partial charge on any atom is 0.363 e. The molecule has 0 fully saturated rings. The molecule has 0 atom stereocenters. The molecular weight excluding hydrogens is 625 g/mol. The van der Waals surface area contributed by atoms with Gasteiger partial charge in [-0.1, -0.05) is 11.6 Å². The highest BCUT2D eigenvalue weighted by atomic mass is 127. The van der Waals surface area contributed by atoms with Crippen LogP contribution in [0.5, 0.6) is 5.75 Å². The van der Waals surface area contributed by atoms with E-state index < -0.39 is 10.9 Å². The van der Waals surface area contributed by atoms with Crippen LogP contribution in [0.2, 0.25) is 5.02 Å². The summed E-state index contributed by atoms with van der Waals surface area (Å²) in [4.78, 5) is 26.9. The molecule has 0 amide bonds.